The van der Waals surface area contributed by atoms with Gasteiger partial charge in [0, 0.05) is 23.6 Å². The first-order chi connectivity index (χ1) is 8.61. The van der Waals surface area contributed by atoms with E-state index in [9.17, 15) is 10.1 Å². The molecule has 1 aromatic carbocycles. The molecule has 0 bridgehead atoms. The van der Waals surface area contributed by atoms with Gasteiger partial charge in [0.2, 0.25) is 0 Å². The van der Waals surface area contributed by atoms with E-state index in [2.05, 4.69) is 26.1 Å². The van der Waals surface area contributed by atoms with E-state index in [0.29, 0.717) is 5.92 Å². The molecule has 1 aliphatic heterocycles. The van der Waals surface area contributed by atoms with Gasteiger partial charge >= 0.3 is 0 Å². The number of nitro benzene ring substituents is 1. The topological polar surface area (TPSA) is 58.4 Å². The third-order valence-corrected chi connectivity index (χ3v) is 3.75. The Morgan fingerprint density at radius 3 is 3.06 bits per heavy atom. The van der Waals surface area contributed by atoms with Crippen LogP contribution in [0.25, 0.3) is 0 Å². The summed E-state index contributed by atoms with van der Waals surface area (Å²) in [4.78, 5) is 12.9. The van der Waals surface area contributed by atoms with Crippen molar-refractivity contribution in [1.29, 1.82) is 0 Å². The van der Waals surface area contributed by atoms with E-state index >= 15 is 0 Å². The van der Waals surface area contributed by atoms with E-state index in [1.165, 1.54) is 0 Å². The molecule has 1 unspecified atom stereocenters. The maximum absolute atomic E-state index is 11.1. The number of hydrogen-bond acceptors (Lipinski definition) is 4. The Morgan fingerprint density at radius 1 is 1.61 bits per heavy atom. The number of benzene rings is 1. The van der Waals surface area contributed by atoms with E-state index in [0.717, 1.165) is 36.2 Å². The summed E-state index contributed by atoms with van der Waals surface area (Å²) in [5, 5.41) is 14.2. The highest BCUT2D eigenvalue weighted by atomic mass is 79.9. The van der Waals surface area contributed by atoms with Gasteiger partial charge in [-0.2, -0.15) is 0 Å². The standard InChI is InChI=1S/C12H16BrN3O2/c1-14-7-9-4-5-15(8-9)11-3-2-10(13)6-12(11)16(17)18/h2-3,6,9,14H,4-5,7-8H2,1H3. The molecule has 0 spiro atoms. The minimum absolute atomic E-state index is 0.175. The van der Waals surface area contributed by atoms with Crippen molar-refractivity contribution in [2.24, 2.45) is 5.92 Å². The molecule has 0 radical (unpaired) electrons. The Kier molecular flexibility index (Phi) is 4.19. The fraction of sp³-hybridized carbons (Fsp3) is 0.500. The van der Waals surface area contributed by atoms with Gasteiger partial charge in [-0.05, 0) is 38.1 Å². The highest BCUT2D eigenvalue weighted by molar-refractivity contribution is 9.10. The van der Waals surface area contributed by atoms with Crippen molar-refractivity contribution in [3.05, 3.63) is 32.8 Å². The van der Waals surface area contributed by atoms with Crippen LogP contribution in [0.3, 0.4) is 0 Å². The van der Waals surface area contributed by atoms with Crippen molar-refractivity contribution >= 4 is 27.3 Å². The second-order valence-corrected chi connectivity index (χ2v) is 5.46. The predicted molar refractivity (Wildman–Crippen MR) is 75.0 cm³/mol. The van der Waals surface area contributed by atoms with E-state index in [-0.39, 0.29) is 10.6 Å². The molecule has 1 aliphatic rings. The molecule has 18 heavy (non-hydrogen) atoms. The molecule has 6 heteroatoms. The van der Waals surface area contributed by atoms with E-state index < -0.39 is 0 Å². The average molecular weight is 314 g/mol. The lowest BCUT2D eigenvalue weighted by Crippen LogP contribution is -2.24. The predicted octanol–water partition coefficient (Wildman–Crippen LogP) is 2.40. The lowest BCUT2D eigenvalue weighted by molar-refractivity contribution is -0.384. The molecular weight excluding hydrogens is 298 g/mol. The summed E-state index contributed by atoms with van der Waals surface area (Å²) in [6, 6.07) is 5.25. The van der Waals surface area contributed by atoms with Gasteiger partial charge in [0.15, 0.2) is 0 Å². The van der Waals surface area contributed by atoms with Gasteiger partial charge in [-0.1, -0.05) is 15.9 Å². The number of nitro groups is 1. The van der Waals surface area contributed by atoms with E-state index in [1.54, 1.807) is 6.07 Å². The van der Waals surface area contributed by atoms with Crippen LogP contribution in [0, 0.1) is 16.0 Å². The summed E-state index contributed by atoms with van der Waals surface area (Å²) in [6.07, 6.45) is 1.08. The fourth-order valence-electron chi connectivity index (χ4n) is 2.42. The van der Waals surface area contributed by atoms with Gasteiger partial charge in [0.1, 0.15) is 5.69 Å². The third-order valence-electron chi connectivity index (χ3n) is 3.25. The van der Waals surface area contributed by atoms with Crippen LogP contribution in [0.15, 0.2) is 22.7 Å². The van der Waals surface area contributed by atoms with Crippen LogP contribution in [-0.2, 0) is 0 Å². The molecule has 0 aromatic heterocycles. The molecule has 0 aliphatic carbocycles. The Balaban J connectivity index is 2.21. The second kappa shape index (κ2) is 5.67. The molecule has 5 nitrogen and oxygen atoms in total. The Bertz CT molecular complexity index is 453. The largest absolute Gasteiger partial charge is 0.366 e. The van der Waals surface area contributed by atoms with Crippen LogP contribution < -0.4 is 10.2 Å². The third kappa shape index (κ3) is 2.81. The minimum Gasteiger partial charge on any atom is -0.366 e. The Labute approximate surface area is 114 Å². The monoisotopic (exact) mass is 313 g/mol. The van der Waals surface area contributed by atoms with Crippen molar-refractivity contribution < 1.29 is 4.92 Å². The summed E-state index contributed by atoms with van der Waals surface area (Å²) in [6.45, 7) is 2.72. The normalized spacial score (nSPS) is 19.2. The van der Waals surface area contributed by atoms with Crippen molar-refractivity contribution in [3.8, 4) is 0 Å². The van der Waals surface area contributed by atoms with Gasteiger partial charge in [-0.3, -0.25) is 10.1 Å². The number of hydrogen-bond donors (Lipinski definition) is 1. The fourth-order valence-corrected chi connectivity index (χ4v) is 2.77. The summed E-state index contributed by atoms with van der Waals surface area (Å²) >= 11 is 3.28. The van der Waals surface area contributed by atoms with Gasteiger partial charge in [-0.15, -0.1) is 0 Å². The quantitative estimate of drug-likeness (QED) is 0.685. The summed E-state index contributed by atoms with van der Waals surface area (Å²) < 4.78 is 0.740. The van der Waals surface area contributed by atoms with Crippen LogP contribution >= 0.6 is 15.9 Å². The molecule has 1 saturated heterocycles. The van der Waals surface area contributed by atoms with Crippen LogP contribution in [-0.4, -0.2) is 31.6 Å². The zero-order chi connectivity index (χ0) is 13.1. The first-order valence-electron chi connectivity index (χ1n) is 5.95. The van der Waals surface area contributed by atoms with Crippen LogP contribution in [0.4, 0.5) is 11.4 Å². The van der Waals surface area contributed by atoms with Crippen molar-refractivity contribution in [1.82, 2.24) is 5.32 Å². The Hall–Kier alpha value is -1.14. The first-order valence-corrected chi connectivity index (χ1v) is 6.74. The van der Waals surface area contributed by atoms with Crippen LogP contribution in [0.1, 0.15) is 6.42 Å². The number of anilines is 1. The number of rotatable bonds is 4. The lowest BCUT2D eigenvalue weighted by atomic mass is 10.1. The van der Waals surface area contributed by atoms with Crippen molar-refractivity contribution in [3.63, 3.8) is 0 Å². The zero-order valence-corrected chi connectivity index (χ0v) is 11.8. The summed E-state index contributed by atoms with van der Waals surface area (Å²) in [5.74, 6) is 0.568. The molecular formula is C12H16BrN3O2. The smallest absolute Gasteiger partial charge is 0.293 e. The molecule has 0 saturated carbocycles. The number of nitrogens with zero attached hydrogens (tertiary/aromatic N) is 2. The maximum atomic E-state index is 11.1. The lowest BCUT2D eigenvalue weighted by Gasteiger charge is -2.18. The molecule has 1 N–H and O–H groups in total. The SMILES string of the molecule is CNCC1CCN(c2ccc(Br)cc2[N+](=O)[O-])C1. The van der Waals surface area contributed by atoms with Gasteiger partial charge < -0.3 is 10.2 Å². The molecule has 2 rings (SSSR count). The Morgan fingerprint density at radius 2 is 2.39 bits per heavy atom. The molecule has 1 aromatic rings. The highest BCUT2D eigenvalue weighted by Crippen LogP contribution is 2.34. The molecule has 1 atom stereocenters. The van der Waals surface area contributed by atoms with Crippen molar-refractivity contribution in [2.45, 2.75) is 6.42 Å². The molecule has 98 valence electrons. The van der Waals surface area contributed by atoms with Gasteiger partial charge in [0.25, 0.3) is 5.69 Å². The average Bonchev–Trinajstić information content (AvgIpc) is 2.78. The molecule has 1 heterocycles. The maximum Gasteiger partial charge on any atom is 0.293 e. The van der Waals surface area contributed by atoms with Crippen LogP contribution in [0.5, 0.6) is 0 Å². The molecule has 1 fully saturated rings. The number of halogens is 1. The minimum atomic E-state index is -0.314. The van der Waals surface area contributed by atoms with Gasteiger partial charge in [0.05, 0.1) is 4.92 Å². The first kappa shape index (κ1) is 13.3. The summed E-state index contributed by atoms with van der Waals surface area (Å²) in [5.41, 5.74) is 0.899. The summed E-state index contributed by atoms with van der Waals surface area (Å²) in [7, 11) is 1.94. The van der Waals surface area contributed by atoms with Crippen molar-refractivity contribution in [2.75, 3.05) is 31.6 Å². The number of nitrogens with one attached hydrogen (secondary N) is 1. The zero-order valence-electron chi connectivity index (χ0n) is 10.2. The van der Waals surface area contributed by atoms with Crippen LogP contribution in [0.2, 0.25) is 0 Å². The van der Waals surface area contributed by atoms with Gasteiger partial charge in [-0.25, -0.2) is 0 Å². The van der Waals surface area contributed by atoms with E-state index in [1.807, 2.05) is 19.2 Å². The highest BCUT2D eigenvalue weighted by Gasteiger charge is 2.27. The van der Waals surface area contributed by atoms with E-state index in [4.69, 9.17) is 0 Å². The molecule has 0 amide bonds. The second-order valence-electron chi connectivity index (χ2n) is 4.55.